The summed E-state index contributed by atoms with van der Waals surface area (Å²) in [5.41, 5.74) is 2.00. The number of nitriles is 1. The lowest BCUT2D eigenvalue weighted by atomic mass is 10.0. The predicted octanol–water partition coefficient (Wildman–Crippen LogP) is 3.83. The summed E-state index contributed by atoms with van der Waals surface area (Å²) in [5.74, 6) is -0.493. The van der Waals surface area contributed by atoms with E-state index in [1.807, 2.05) is 32.0 Å². The van der Waals surface area contributed by atoms with Crippen molar-refractivity contribution in [3.63, 3.8) is 0 Å². The fourth-order valence-electron chi connectivity index (χ4n) is 3.17. The molecule has 0 spiro atoms. The second-order valence-electron chi connectivity index (χ2n) is 8.48. The molecule has 8 heteroatoms. The Morgan fingerprint density at radius 1 is 1.22 bits per heavy atom. The highest BCUT2D eigenvalue weighted by atomic mass is 19.1. The number of hydrogen-bond acceptors (Lipinski definition) is 6. The molecule has 3 rings (SSSR count). The van der Waals surface area contributed by atoms with Crippen LogP contribution in [0.15, 0.2) is 42.9 Å². The number of rotatable bonds is 7. The van der Waals surface area contributed by atoms with Crippen LogP contribution in [-0.2, 0) is 0 Å². The Hall–Kier alpha value is -3.57. The molecule has 1 amide bonds. The number of aliphatic hydroxyl groups is 1. The summed E-state index contributed by atoms with van der Waals surface area (Å²) in [6.45, 7) is 6.28. The van der Waals surface area contributed by atoms with Gasteiger partial charge in [-0.3, -0.25) is 14.8 Å². The lowest BCUT2D eigenvalue weighted by molar-refractivity contribution is -0.00177. The highest BCUT2D eigenvalue weighted by Gasteiger charge is 2.27. The normalized spacial score (nSPS) is 12.4. The number of nitrogens with zero attached hydrogens (tertiary/aromatic N) is 3. The molecule has 3 N–H and O–H groups in total. The van der Waals surface area contributed by atoms with Crippen molar-refractivity contribution in [1.82, 2.24) is 15.3 Å². The molecule has 1 aromatic carbocycles. The molecule has 0 radical (unpaired) electrons. The van der Waals surface area contributed by atoms with Crippen LogP contribution < -0.4 is 10.6 Å². The molecule has 0 aliphatic heterocycles. The van der Waals surface area contributed by atoms with E-state index in [1.54, 1.807) is 12.3 Å². The Morgan fingerprint density at radius 2 is 1.97 bits per heavy atom. The summed E-state index contributed by atoms with van der Waals surface area (Å²) < 4.78 is 14.1. The molecule has 1 atom stereocenters. The Morgan fingerprint density at radius 3 is 2.62 bits per heavy atom. The van der Waals surface area contributed by atoms with Gasteiger partial charge >= 0.3 is 0 Å². The van der Waals surface area contributed by atoms with Crippen molar-refractivity contribution in [2.75, 3.05) is 11.9 Å². The number of amides is 1. The van der Waals surface area contributed by atoms with Gasteiger partial charge in [-0.2, -0.15) is 5.26 Å². The molecule has 0 aliphatic carbocycles. The maximum absolute atomic E-state index is 14.1. The zero-order chi connectivity index (χ0) is 23.5. The predicted molar refractivity (Wildman–Crippen MR) is 122 cm³/mol. The molecule has 7 nitrogen and oxygen atoms in total. The van der Waals surface area contributed by atoms with Crippen LogP contribution in [0.25, 0.3) is 22.0 Å². The molecule has 2 heterocycles. The van der Waals surface area contributed by atoms with Gasteiger partial charge in [0.2, 0.25) is 0 Å². The van der Waals surface area contributed by atoms with E-state index in [0.29, 0.717) is 22.2 Å². The van der Waals surface area contributed by atoms with E-state index in [0.717, 1.165) is 11.1 Å². The molecule has 32 heavy (non-hydrogen) atoms. The maximum atomic E-state index is 14.1. The van der Waals surface area contributed by atoms with Gasteiger partial charge in [0, 0.05) is 35.6 Å². The number of fused-ring (bicyclic) bond motifs is 1. The van der Waals surface area contributed by atoms with Crippen molar-refractivity contribution >= 4 is 22.5 Å². The number of hydrogen-bond donors (Lipinski definition) is 3. The summed E-state index contributed by atoms with van der Waals surface area (Å²) in [5, 5.41) is 25.5. The molecule has 2 aromatic heterocycles. The summed E-state index contributed by atoms with van der Waals surface area (Å²) in [6.07, 6.45) is 3.00. The minimum Gasteiger partial charge on any atom is -0.387 e. The number of halogens is 1. The number of alkyl halides is 1. The number of nitrogens with one attached hydrogen (secondary N) is 2. The largest absolute Gasteiger partial charge is 0.387 e. The Balaban J connectivity index is 2.05. The van der Waals surface area contributed by atoms with E-state index in [4.69, 9.17) is 5.26 Å². The van der Waals surface area contributed by atoms with E-state index >= 15 is 0 Å². The topological polar surface area (TPSA) is 111 Å². The third kappa shape index (κ3) is 5.18. The monoisotopic (exact) mass is 435 g/mol. The smallest absolute Gasteiger partial charge is 0.255 e. The minimum absolute atomic E-state index is 0.0182. The van der Waals surface area contributed by atoms with E-state index in [-0.39, 0.29) is 18.2 Å². The highest BCUT2D eigenvalue weighted by molar-refractivity contribution is 6.07. The first kappa shape index (κ1) is 23.1. The van der Waals surface area contributed by atoms with Crippen molar-refractivity contribution in [2.24, 2.45) is 0 Å². The van der Waals surface area contributed by atoms with Crippen LogP contribution in [0.4, 0.5) is 10.1 Å². The number of carbonyl (C=O) groups excluding carboxylic acids is 1. The third-order valence-electron chi connectivity index (χ3n) is 4.95. The van der Waals surface area contributed by atoms with Crippen LogP contribution in [0.2, 0.25) is 0 Å². The molecular weight excluding hydrogens is 409 g/mol. The summed E-state index contributed by atoms with van der Waals surface area (Å²) >= 11 is 0. The van der Waals surface area contributed by atoms with E-state index in [9.17, 15) is 14.3 Å². The summed E-state index contributed by atoms with van der Waals surface area (Å²) in [7, 11) is 0. The fraction of sp³-hybridized carbons (Fsp3) is 0.333. The van der Waals surface area contributed by atoms with Crippen LogP contribution in [-0.4, -0.2) is 45.3 Å². The van der Waals surface area contributed by atoms with Crippen LogP contribution in [0, 0.1) is 11.3 Å². The minimum atomic E-state index is -1.62. The number of aromatic nitrogens is 2. The van der Waals surface area contributed by atoms with Crippen molar-refractivity contribution in [2.45, 2.75) is 45.5 Å². The Bertz CT molecular complexity index is 1180. The SMILES string of the molecule is CC(C)Nc1c(C(=O)NC[C@@H](F)C(C)(C)O)cnc2ccc(-c3cncc(C#N)c3)cc12. The highest BCUT2D eigenvalue weighted by Crippen LogP contribution is 2.31. The van der Waals surface area contributed by atoms with Gasteiger partial charge in [-0.1, -0.05) is 6.07 Å². The zero-order valence-corrected chi connectivity index (χ0v) is 18.5. The maximum Gasteiger partial charge on any atom is 0.255 e. The second kappa shape index (κ2) is 9.28. The van der Waals surface area contributed by atoms with E-state index < -0.39 is 17.7 Å². The second-order valence-corrected chi connectivity index (χ2v) is 8.48. The van der Waals surface area contributed by atoms with Gasteiger partial charge in [-0.25, -0.2) is 4.39 Å². The van der Waals surface area contributed by atoms with Crippen LogP contribution in [0.5, 0.6) is 0 Å². The first-order valence-corrected chi connectivity index (χ1v) is 10.3. The third-order valence-corrected chi connectivity index (χ3v) is 4.95. The van der Waals surface area contributed by atoms with E-state index in [2.05, 4.69) is 26.7 Å². The Labute approximate surface area is 186 Å². The van der Waals surface area contributed by atoms with Gasteiger partial charge < -0.3 is 15.7 Å². The molecule has 0 bridgehead atoms. The standard InChI is InChI=1S/C24H26FN5O2/c1-14(2)30-22-18-8-16(17-7-15(9-26)10-27-11-17)5-6-20(18)28-12-19(22)23(31)29-13-21(25)24(3,4)32/h5-8,10-12,14,21,32H,13H2,1-4H3,(H,28,30)(H,29,31)/t21-/m1/s1. The average Bonchev–Trinajstić information content (AvgIpc) is 2.76. The van der Waals surface area contributed by atoms with Gasteiger partial charge in [0.15, 0.2) is 0 Å². The Kier molecular flexibility index (Phi) is 6.70. The van der Waals surface area contributed by atoms with Crippen molar-refractivity contribution in [1.29, 1.82) is 5.26 Å². The van der Waals surface area contributed by atoms with Gasteiger partial charge in [0.05, 0.1) is 34.5 Å². The number of pyridine rings is 2. The first-order valence-electron chi connectivity index (χ1n) is 10.3. The molecule has 3 aromatic rings. The summed E-state index contributed by atoms with van der Waals surface area (Å²) in [6, 6.07) is 9.44. The molecular formula is C24H26FN5O2. The summed E-state index contributed by atoms with van der Waals surface area (Å²) in [4.78, 5) is 21.4. The molecule has 0 unspecified atom stereocenters. The zero-order valence-electron chi connectivity index (χ0n) is 18.5. The van der Waals surface area contributed by atoms with Gasteiger partial charge in [-0.15, -0.1) is 0 Å². The van der Waals surface area contributed by atoms with Crippen LogP contribution in [0.3, 0.4) is 0 Å². The fourth-order valence-corrected chi connectivity index (χ4v) is 3.17. The van der Waals surface area contributed by atoms with E-state index in [1.165, 1.54) is 26.2 Å². The molecule has 0 aliphatic rings. The van der Waals surface area contributed by atoms with Gasteiger partial charge in [0.25, 0.3) is 5.91 Å². The lowest BCUT2D eigenvalue weighted by Gasteiger charge is -2.23. The number of benzene rings is 1. The first-order chi connectivity index (χ1) is 15.1. The molecule has 0 saturated heterocycles. The van der Waals surface area contributed by atoms with Crippen molar-refractivity contribution in [3.8, 4) is 17.2 Å². The van der Waals surface area contributed by atoms with Gasteiger partial charge in [0.1, 0.15) is 12.2 Å². The number of anilines is 1. The molecule has 0 fully saturated rings. The molecule has 166 valence electrons. The molecule has 0 saturated carbocycles. The van der Waals surface area contributed by atoms with Crippen LogP contribution in [0.1, 0.15) is 43.6 Å². The van der Waals surface area contributed by atoms with Crippen LogP contribution >= 0.6 is 0 Å². The lowest BCUT2D eigenvalue weighted by Crippen LogP contribution is -2.42. The quantitative estimate of drug-likeness (QED) is 0.520. The van der Waals surface area contributed by atoms with Gasteiger partial charge in [-0.05, 0) is 51.5 Å². The van der Waals surface area contributed by atoms with Crippen molar-refractivity contribution in [3.05, 3.63) is 54.0 Å². The van der Waals surface area contributed by atoms with Crippen molar-refractivity contribution < 1.29 is 14.3 Å². The average molecular weight is 436 g/mol. The number of carbonyl (C=O) groups is 1.